The molecule has 112 valence electrons. The highest BCUT2D eigenvalue weighted by molar-refractivity contribution is 5.95. The van der Waals surface area contributed by atoms with E-state index in [4.69, 9.17) is 4.42 Å². The monoisotopic (exact) mass is 295 g/mol. The van der Waals surface area contributed by atoms with Gasteiger partial charge in [0, 0.05) is 41.8 Å². The molecule has 0 unspecified atom stereocenters. The number of carbonyl (C=O) groups is 1. The van der Waals surface area contributed by atoms with Crippen LogP contribution in [0.4, 0.5) is 0 Å². The van der Waals surface area contributed by atoms with Crippen LogP contribution in [0.1, 0.15) is 42.4 Å². The van der Waals surface area contributed by atoms with Crippen molar-refractivity contribution in [3.63, 3.8) is 0 Å². The standard InChI is InChI=1S/C17H17N3O2/c1-2-3-12-6-10-9-18-15(8-16(10)22-12)17(21)20-14-7-11-4-5-13(14)19-11/h6,8-9,11,13-14,19H,4-5,7H2,1H3,(H,20,21)/t11-,13+,14-/m1/s1. The Morgan fingerprint density at radius 2 is 2.36 bits per heavy atom. The maximum atomic E-state index is 12.4. The normalized spacial score (nSPS) is 26.0. The molecule has 2 N–H and O–H groups in total. The molecule has 5 heteroatoms. The second-order valence-electron chi connectivity index (χ2n) is 5.96. The highest BCUT2D eigenvalue weighted by atomic mass is 16.3. The lowest BCUT2D eigenvalue weighted by Crippen LogP contribution is -2.43. The lowest BCUT2D eigenvalue weighted by molar-refractivity contribution is 0.0926. The van der Waals surface area contributed by atoms with E-state index >= 15 is 0 Å². The van der Waals surface area contributed by atoms with Crippen LogP contribution in [0.25, 0.3) is 11.0 Å². The number of carbonyl (C=O) groups excluding carboxylic acids is 1. The van der Waals surface area contributed by atoms with Gasteiger partial charge < -0.3 is 15.1 Å². The fraction of sp³-hybridized carbons (Fsp3) is 0.412. The van der Waals surface area contributed by atoms with Crippen LogP contribution >= 0.6 is 0 Å². The molecule has 0 aliphatic carbocycles. The van der Waals surface area contributed by atoms with Gasteiger partial charge in [-0.15, -0.1) is 0 Å². The second kappa shape index (κ2) is 5.15. The average Bonchev–Trinajstić information content (AvgIpc) is 3.20. The lowest BCUT2D eigenvalue weighted by atomic mass is 9.95. The topological polar surface area (TPSA) is 67.2 Å². The van der Waals surface area contributed by atoms with Crippen LogP contribution in [-0.4, -0.2) is 29.0 Å². The van der Waals surface area contributed by atoms with Crippen LogP contribution in [0.3, 0.4) is 0 Å². The number of pyridine rings is 1. The van der Waals surface area contributed by atoms with Crippen molar-refractivity contribution < 1.29 is 9.21 Å². The van der Waals surface area contributed by atoms with Crippen LogP contribution in [0, 0.1) is 11.8 Å². The number of aromatic nitrogens is 1. The highest BCUT2D eigenvalue weighted by Crippen LogP contribution is 2.28. The summed E-state index contributed by atoms with van der Waals surface area (Å²) in [5.74, 6) is 6.12. The summed E-state index contributed by atoms with van der Waals surface area (Å²) in [5, 5.41) is 7.46. The van der Waals surface area contributed by atoms with E-state index in [0.717, 1.165) is 18.2 Å². The van der Waals surface area contributed by atoms with Gasteiger partial charge >= 0.3 is 0 Å². The number of nitrogens with zero attached hydrogens (tertiary/aromatic N) is 1. The zero-order valence-corrected chi connectivity index (χ0v) is 12.3. The minimum Gasteiger partial charge on any atom is -0.448 e. The Kier molecular flexibility index (Phi) is 3.12. The third-order valence-corrected chi connectivity index (χ3v) is 4.50. The average molecular weight is 295 g/mol. The van der Waals surface area contributed by atoms with E-state index in [9.17, 15) is 4.79 Å². The minimum atomic E-state index is -0.138. The van der Waals surface area contributed by atoms with Crippen molar-refractivity contribution in [3.8, 4) is 11.8 Å². The maximum absolute atomic E-state index is 12.4. The smallest absolute Gasteiger partial charge is 0.270 e. The molecule has 0 spiro atoms. The van der Waals surface area contributed by atoms with Gasteiger partial charge in [-0.05, 0) is 32.1 Å². The number of hydrogen-bond donors (Lipinski definition) is 2. The van der Waals surface area contributed by atoms with Crippen molar-refractivity contribution in [1.82, 2.24) is 15.6 Å². The van der Waals surface area contributed by atoms with E-state index in [1.807, 2.05) is 6.07 Å². The fourth-order valence-corrected chi connectivity index (χ4v) is 3.47. The predicted octanol–water partition coefficient (Wildman–Crippen LogP) is 1.82. The first-order chi connectivity index (χ1) is 10.7. The van der Waals surface area contributed by atoms with Gasteiger partial charge in [-0.1, -0.05) is 5.92 Å². The van der Waals surface area contributed by atoms with E-state index in [0.29, 0.717) is 29.1 Å². The van der Waals surface area contributed by atoms with Gasteiger partial charge in [0.25, 0.3) is 5.91 Å². The van der Waals surface area contributed by atoms with Crippen LogP contribution in [-0.2, 0) is 0 Å². The highest BCUT2D eigenvalue weighted by Gasteiger charge is 2.39. The molecule has 5 nitrogen and oxygen atoms in total. The van der Waals surface area contributed by atoms with Crippen molar-refractivity contribution in [2.75, 3.05) is 0 Å². The molecule has 0 radical (unpaired) electrons. The zero-order chi connectivity index (χ0) is 15.1. The Labute approximate surface area is 128 Å². The molecular weight excluding hydrogens is 278 g/mol. The van der Waals surface area contributed by atoms with E-state index in [-0.39, 0.29) is 11.9 Å². The second-order valence-corrected chi connectivity index (χ2v) is 5.96. The first kappa shape index (κ1) is 13.4. The van der Waals surface area contributed by atoms with Gasteiger partial charge in [-0.3, -0.25) is 9.78 Å². The van der Waals surface area contributed by atoms with Crippen molar-refractivity contribution in [2.45, 2.75) is 44.3 Å². The first-order valence-corrected chi connectivity index (χ1v) is 7.62. The molecule has 4 heterocycles. The first-order valence-electron chi connectivity index (χ1n) is 7.62. The molecule has 2 fully saturated rings. The number of rotatable bonds is 2. The van der Waals surface area contributed by atoms with Gasteiger partial charge in [-0.2, -0.15) is 0 Å². The van der Waals surface area contributed by atoms with E-state index in [1.165, 1.54) is 6.42 Å². The Hall–Kier alpha value is -2.32. The summed E-state index contributed by atoms with van der Waals surface area (Å²) in [7, 11) is 0. The number of hydrogen-bond acceptors (Lipinski definition) is 4. The Bertz CT molecular complexity index is 799. The molecule has 0 saturated carbocycles. The zero-order valence-electron chi connectivity index (χ0n) is 12.3. The molecule has 4 rings (SSSR count). The van der Waals surface area contributed by atoms with Crippen LogP contribution in [0.2, 0.25) is 0 Å². The quantitative estimate of drug-likeness (QED) is 0.829. The third kappa shape index (κ3) is 2.26. The molecule has 22 heavy (non-hydrogen) atoms. The van der Waals surface area contributed by atoms with Crippen molar-refractivity contribution >= 4 is 16.9 Å². The van der Waals surface area contributed by atoms with E-state index in [2.05, 4.69) is 27.5 Å². The van der Waals surface area contributed by atoms with E-state index in [1.54, 1.807) is 19.2 Å². The Morgan fingerprint density at radius 3 is 3.09 bits per heavy atom. The van der Waals surface area contributed by atoms with Gasteiger partial charge in [-0.25, -0.2) is 0 Å². The van der Waals surface area contributed by atoms with Crippen LogP contribution in [0.5, 0.6) is 0 Å². The molecule has 2 bridgehead atoms. The molecule has 2 aliphatic heterocycles. The molecule has 1 amide bonds. The van der Waals surface area contributed by atoms with Gasteiger partial charge in [0.05, 0.1) is 0 Å². The SMILES string of the molecule is CC#Cc1cc2cnc(C(=O)N[C@@H]3C[C@H]4CC[C@@H]3N4)cc2o1. The Balaban J connectivity index is 1.54. The lowest BCUT2D eigenvalue weighted by Gasteiger charge is -2.21. The molecule has 2 aromatic rings. The third-order valence-electron chi connectivity index (χ3n) is 4.50. The van der Waals surface area contributed by atoms with Gasteiger partial charge in [0.2, 0.25) is 0 Å². The maximum Gasteiger partial charge on any atom is 0.270 e. The molecule has 2 aromatic heterocycles. The van der Waals surface area contributed by atoms with Crippen molar-refractivity contribution in [3.05, 3.63) is 29.8 Å². The summed E-state index contributed by atoms with van der Waals surface area (Å²) in [6.45, 7) is 1.76. The fourth-order valence-electron chi connectivity index (χ4n) is 3.47. The van der Waals surface area contributed by atoms with Crippen molar-refractivity contribution in [1.29, 1.82) is 0 Å². The van der Waals surface area contributed by atoms with Crippen LogP contribution < -0.4 is 10.6 Å². The molecule has 2 saturated heterocycles. The van der Waals surface area contributed by atoms with Gasteiger partial charge in [0.1, 0.15) is 11.3 Å². The summed E-state index contributed by atoms with van der Waals surface area (Å²) in [5.41, 5.74) is 1.03. The number of nitrogens with one attached hydrogen (secondary N) is 2. The molecule has 2 aliphatic rings. The Morgan fingerprint density at radius 1 is 1.45 bits per heavy atom. The van der Waals surface area contributed by atoms with Gasteiger partial charge in [0.15, 0.2) is 5.76 Å². The van der Waals surface area contributed by atoms with Crippen LogP contribution in [0.15, 0.2) is 22.7 Å². The largest absolute Gasteiger partial charge is 0.448 e. The minimum absolute atomic E-state index is 0.138. The predicted molar refractivity (Wildman–Crippen MR) is 82.4 cm³/mol. The number of amides is 1. The summed E-state index contributed by atoms with van der Waals surface area (Å²) in [4.78, 5) is 16.6. The van der Waals surface area contributed by atoms with E-state index < -0.39 is 0 Å². The molecular formula is C17H17N3O2. The summed E-state index contributed by atoms with van der Waals surface area (Å²) in [6, 6.07) is 4.70. The summed E-state index contributed by atoms with van der Waals surface area (Å²) < 4.78 is 5.61. The van der Waals surface area contributed by atoms with Crippen molar-refractivity contribution in [2.24, 2.45) is 0 Å². The molecule has 0 aromatic carbocycles. The summed E-state index contributed by atoms with van der Waals surface area (Å²) in [6.07, 6.45) is 5.03. The number of fused-ring (bicyclic) bond motifs is 3. The number of furan rings is 1. The molecule has 3 atom stereocenters. The summed E-state index contributed by atoms with van der Waals surface area (Å²) >= 11 is 0.